The Morgan fingerprint density at radius 1 is 0.727 bits per heavy atom. The normalized spacial score (nSPS) is 10.2. The maximum Gasteiger partial charge on any atom is 0.113 e. The van der Waals surface area contributed by atoms with Crippen LogP contribution in [-0.2, 0) is 0 Å². The van der Waals surface area contributed by atoms with Crippen LogP contribution in [0.3, 0.4) is 0 Å². The van der Waals surface area contributed by atoms with E-state index in [1.807, 2.05) is 48.5 Å². The quantitative estimate of drug-likeness (QED) is 0.618. The summed E-state index contributed by atoms with van der Waals surface area (Å²) in [7, 11) is 0. The van der Waals surface area contributed by atoms with E-state index in [0.717, 1.165) is 22.5 Å². The highest BCUT2D eigenvalue weighted by Gasteiger charge is 2.07. The summed E-state index contributed by atoms with van der Waals surface area (Å²) in [5, 5.41) is 23.5. The van der Waals surface area contributed by atoms with Gasteiger partial charge in [0.25, 0.3) is 0 Å². The molecule has 0 unspecified atom stereocenters. The summed E-state index contributed by atoms with van der Waals surface area (Å²) >= 11 is 0. The van der Waals surface area contributed by atoms with Crippen LogP contribution in [0.25, 0.3) is 5.57 Å². The third-order valence-corrected chi connectivity index (χ3v) is 3.41. The first-order valence-electron chi connectivity index (χ1n) is 7.23. The second-order valence-electron chi connectivity index (χ2n) is 5.20. The van der Waals surface area contributed by atoms with Crippen molar-refractivity contribution >= 4 is 16.9 Å². The van der Waals surface area contributed by atoms with Crippen molar-refractivity contribution in [2.24, 2.45) is 0 Å². The van der Waals surface area contributed by atoms with Gasteiger partial charge in [-0.3, -0.25) is 0 Å². The van der Waals surface area contributed by atoms with Crippen LogP contribution < -0.4 is 10.6 Å². The molecule has 0 bridgehead atoms. The summed E-state index contributed by atoms with van der Waals surface area (Å²) < 4.78 is 0. The van der Waals surface area contributed by atoms with E-state index in [0.29, 0.717) is 0 Å². The van der Waals surface area contributed by atoms with Crippen molar-refractivity contribution in [2.75, 3.05) is 24.1 Å². The fourth-order valence-corrected chi connectivity index (χ4v) is 2.44. The average molecular weight is 298 g/mol. The Hall–Kier alpha value is -2.30. The minimum atomic E-state index is -0.0752. The predicted octanol–water partition coefficient (Wildman–Crippen LogP) is 3.25. The molecule has 116 valence electrons. The first kappa shape index (κ1) is 16.1. The van der Waals surface area contributed by atoms with Crippen molar-refractivity contribution in [3.05, 3.63) is 65.2 Å². The van der Waals surface area contributed by atoms with Gasteiger partial charge in [-0.25, -0.2) is 0 Å². The molecule has 4 N–H and O–H groups in total. The lowest BCUT2D eigenvalue weighted by molar-refractivity contribution is 0.325. The number of allylic oxidation sites excluding steroid dienone is 1. The SMILES string of the molecule is CC(C)=C(c1ccc(NCO)cc1)c1ccc(NCO)cc1. The zero-order valence-electron chi connectivity index (χ0n) is 12.9. The second-order valence-corrected chi connectivity index (χ2v) is 5.20. The van der Waals surface area contributed by atoms with Crippen LogP contribution in [0.4, 0.5) is 11.4 Å². The van der Waals surface area contributed by atoms with Gasteiger partial charge in [-0.15, -0.1) is 0 Å². The van der Waals surface area contributed by atoms with Crippen LogP contribution in [0.5, 0.6) is 0 Å². The van der Waals surface area contributed by atoms with Gasteiger partial charge in [-0.1, -0.05) is 29.8 Å². The highest BCUT2D eigenvalue weighted by molar-refractivity contribution is 5.82. The third kappa shape index (κ3) is 3.87. The summed E-state index contributed by atoms with van der Waals surface area (Å²) in [4.78, 5) is 0. The van der Waals surface area contributed by atoms with Crippen molar-refractivity contribution in [2.45, 2.75) is 13.8 Å². The first-order chi connectivity index (χ1) is 10.7. The highest BCUT2D eigenvalue weighted by Crippen LogP contribution is 2.28. The molecule has 0 fully saturated rings. The number of aliphatic hydroxyl groups excluding tert-OH is 2. The lowest BCUT2D eigenvalue weighted by Crippen LogP contribution is -2.00. The molecule has 0 heterocycles. The van der Waals surface area contributed by atoms with Gasteiger partial charge in [0, 0.05) is 11.4 Å². The molecule has 0 saturated carbocycles. The van der Waals surface area contributed by atoms with Crippen LogP contribution in [0.1, 0.15) is 25.0 Å². The zero-order chi connectivity index (χ0) is 15.9. The van der Waals surface area contributed by atoms with E-state index in [1.54, 1.807) is 0 Å². The topological polar surface area (TPSA) is 64.5 Å². The van der Waals surface area contributed by atoms with Gasteiger partial charge < -0.3 is 20.8 Å². The highest BCUT2D eigenvalue weighted by atomic mass is 16.3. The largest absolute Gasteiger partial charge is 0.377 e. The third-order valence-electron chi connectivity index (χ3n) is 3.41. The van der Waals surface area contributed by atoms with Crippen LogP contribution in [0.15, 0.2) is 54.1 Å². The molecule has 0 aromatic heterocycles. The van der Waals surface area contributed by atoms with E-state index in [-0.39, 0.29) is 13.5 Å². The van der Waals surface area contributed by atoms with Crippen molar-refractivity contribution in [1.82, 2.24) is 0 Å². The molecule has 0 aliphatic rings. The van der Waals surface area contributed by atoms with Crippen LogP contribution in [0.2, 0.25) is 0 Å². The molecule has 2 aromatic rings. The fourth-order valence-electron chi connectivity index (χ4n) is 2.44. The van der Waals surface area contributed by atoms with Crippen LogP contribution in [0, 0.1) is 0 Å². The summed E-state index contributed by atoms with van der Waals surface area (Å²) in [5.41, 5.74) is 6.46. The van der Waals surface area contributed by atoms with Gasteiger partial charge in [0.15, 0.2) is 0 Å². The molecule has 0 saturated heterocycles. The molecule has 22 heavy (non-hydrogen) atoms. The van der Waals surface area contributed by atoms with Crippen molar-refractivity contribution < 1.29 is 10.2 Å². The lowest BCUT2D eigenvalue weighted by Gasteiger charge is -2.13. The molecule has 4 heteroatoms. The van der Waals surface area contributed by atoms with Crippen molar-refractivity contribution in [1.29, 1.82) is 0 Å². The fraction of sp³-hybridized carbons (Fsp3) is 0.222. The molecule has 2 rings (SSSR count). The Bertz CT molecular complexity index is 576. The maximum atomic E-state index is 8.89. The van der Waals surface area contributed by atoms with E-state index in [9.17, 15) is 0 Å². The molecule has 0 atom stereocenters. The van der Waals surface area contributed by atoms with E-state index < -0.39 is 0 Å². The summed E-state index contributed by atoms with van der Waals surface area (Å²) in [6, 6.07) is 16.0. The van der Waals surface area contributed by atoms with E-state index >= 15 is 0 Å². The molecular formula is C18H22N2O2. The van der Waals surface area contributed by atoms with Gasteiger partial charge in [0.2, 0.25) is 0 Å². The molecule has 0 aliphatic heterocycles. The molecular weight excluding hydrogens is 276 g/mol. The monoisotopic (exact) mass is 298 g/mol. The Morgan fingerprint density at radius 2 is 1.09 bits per heavy atom. The number of rotatable bonds is 6. The predicted molar refractivity (Wildman–Crippen MR) is 91.7 cm³/mol. The Kier molecular flexibility index (Phi) is 5.58. The van der Waals surface area contributed by atoms with Gasteiger partial charge in [-0.05, 0) is 54.8 Å². The van der Waals surface area contributed by atoms with Gasteiger partial charge in [0.1, 0.15) is 13.5 Å². The number of aliphatic hydroxyl groups is 2. The minimum Gasteiger partial charge on any atom is -0.377 e. The standard InChI is InChI=1S/C18H22N2O2/c1-13(2)18(14-3-7-16(8-4-14)19-11-21)15-5-9-17(10-6-15)20-12-22/h3-10,19-22H,11-12H2,1-2H3. The Balaban J connectivity index is 2.32. The van der Waals surface area contributed by atoms with Crippen molar-refractivity contribution in [3.8, 4) is 0 Å². The van der Waals surface area contributed by atoms with E-state index in [2.05, 4.69) is 24.5 Å². The van der Waals surface area contributed by atoms with Crippen LogP contribution in [-0.4, -0.2) is 23.7 Å². The van der Waals surface area contributed by atoms with Gasteiger partial charge >= 0.3 is 0 Å². The summed E-state index contributed by atoms with van der Waals surface area (Å²) in [6.45, 7) is 4.03. The van der Waals surface area contributed by atoms with Gasteiger partial charge in [0.05, 0.1) is 0 Å². The molecule has 0 aliphatic carbocycles. The number of benzene rings is 2. The smallest absolute Gasteiger partial charge is 0.113 e. The van der Waals surface area contributed by atoms with E-state index in [1.165, 1.54) is 11.1 Å². The van der Waals surface area contributed by atoms with Crippen LogP contribution >= 0.6 is 0 Å². The zero-order valence-corrected chi connectivity index (χ0v) is 12.9. The molecule has 0 radical (unpaired) electrons. The second kappa shape index (κ2) is 7.64. The Morgan fingerprint density at radius 3 is 1.36 bits per heavy atom. The van der Waals surface area contributed by atoms with Crippen molar-refractivity contribution in [3.63, 3.8) is 0 Å². The average Bonchev–Trinajstić information content (AvgIpc) is 2.51. The number of anilines is 2. The minimum absolute atomic E-state index is 0.0752. The summed E-state index contributed by atoms with van der Waals surface area (Å²) in [5.74, 6) is 0. The molecule has 0 spiro atoms. The summed E-state index contributed by atoms with van der Waals surface area (Å²) in [6.07, 6.45) is 0. The number of hydrogen-bond acceptors (Lipinski definition) is 4. The number of hydrogen-bond donors (Lipinski definition) is 4. The number of nitrogens with one attached hydrogen (secondary N) is 2. The van der Waals surface area contributed by atoms with Gasteiger partial charge in [-0.2, -0.15) is 0 Å². The van der Waals surface area contributed by atoms with E-state index in [4.69, 9.17) is 10.2 Å². The molecule has 2 aromatic carbocycles. The Labute approximate surface area is 131 Å². The maximum absolute atomic E-state index is 8.89. The lowest BCUT2D eigenvalue weighted by atomic mass is 9.94. The first-order valence-corrected chi connectivity index (χ1v) is 7.23. The molecule has 0 amide bonds. The molecule has 4 nitrogen and oxygen atoms in total.